The summed E-state index contributed by atoms with van der Waals surface area (Å²) in [6, 6.07) is 30.5. The standard InChI is InChI=1S/C29H30NO2P/c1-31-25-15-12-23(13-16-25)22-24-14-17-28(29(24)30-18-20-32-21-19-30)33(26-8-4-2-5-9-26)27-10-6-3-7-11-27/h2-13,15-16,22H,14,17-21H2,1H3/b24-22+. The molecule has 1 fully saturated rings. The third-order valence-electron chi connectivity index (χ3n) is 6.29. The fourth-order valence-corrected chi connectivity index (χ4v) is 7.42. The van der Waals surface area contributed by atoms with Crippen molar-refractivity contribution in [2.45, 2.75) is 12.8 Å². The second kappa shape index (κ2) is 10.4. The summed E-state index contributed by atoms with van der Waals surface area (Å²) in [6.07, 6.45) is 4.55. The Bertz CT molecular complexity index is 1080. The third kappa shape index (κ3) is 4.90. The highest BCUT2D eigenvalue weighted by Gasteiger charge is 2.31. The maximum atomic E-state index is 5.71. The topological polar surface area (TPSA) is 21.7 Å². The van der Waals surface area contributed by atoms with E-state index in [1.54, 1.807) is 12.4 Å². The number of rotatable bonds is 6. The summed E-state index contributed by atoms with van der Waals surface area (Å²) >= 11 is 0. The van der Waals surface area contributed by atoms with Gasteiger partial charge in [0.15, 0.2) is 0 Å². The minimum Gasteiger partial charge on any atom is -0.497 e. The lowest BCUT2D eigenvalue weighted by Gasteiger charge is -2.33. The minimum absolute atomic E-state index is 0.589. The van der Waals surface area contributed by atoms with E-state index in [4.69, 9.17) is 9.47 Å². The second-order valence-electron chi connectivity index (χ2n) is 8.34. The number of nitrogens with zero attached hydrogens (tertiary/aromatic N) is 1. The van der Waals surface area contributed by atoms with Crippen LogP contribution in [0.1, 0.15) is 18.4 Å². The first-order valence-corrected chi connectivity index (χ1v) is 13.0. The van der Waals surface area contributed by atoms with E-state index in [9.17, 15) is 0 Å². The molecule has 0 saturated carbocycles. The van der Waals surface area contributed by atoms with Crippen LogP contribution in [0.25, 0.3) is 6.08 Å². The van der Waals surface area contributed by atoms with Gasteiger partial charge in [0, 0.05) is 18.8 Å². The van der Waals surface area contributed by atoms with Crippen LogP contribution in [0.3, 0.4) is 0 Å². The van der Waals surface area contributed by atoms with Crippen LogP contribution in [0.2, 0.25) is 0 Å². The van der Waals surface area contributed by atoms with E-state index >= 15 is 0 Å². The molecular formula is C29H30NO2P. The van der Waals surface area contributed by atoms with Crippen molar-refractivity contribution in [2.24, 2.45) is 0 Å². The predicted octanol–water partition coefficient (Wildman–Crippen LogP) is 5.55. The van der Waals surface area contributed by atoms with E-state index in [-0.39, 0.29) is 0 Å². The van der Waals surface area contributed by atoms with Crippen LogP contribution in [0.5, 0.6) is 5.75 Å². The summed E-state index contributed by atoms with van der Waals surface area (Å²) < 4.78 is 11.1. The van der Waals surface area contributed by atoms with Gasteiger partial charge in [0.05, 0.1) is 20.3 Å². The molecule has 0 unspecified atom stereocenters. The molecular weight excluding hydrogens is 425 g/mol. The van der Waals surface area contributed by atoms with Gasteiger partial charge in [0.1, 0.15) is 5.75 Å². The predicted molar refractivity (Wildman–Crippen MR) is 139 cm³/mol. The molecule has 0 bridgehead atoms. The molecule has 1 aliphatic heterocycles. The fourth-order valence-electron chi connectivity index (χ4n) is 4.72. The number of ether oxygens (including phenoxy) is 2. The van der Waals surface area contributed by atoms with Gasteiger partial charge < -0.3 is 14.4 Å². The van der Waals surface area contributed by atoms with Crippen molar-refractivity contribution in [3.8, 4) is 5.75 Å². The molecule has 4 heteroatoms. The van der Waals surface area contributed by atoms with E-state index in [2.05, 4.69) is 83.8 Å². The lowest BCUT2D eigenvalue weighted by Crippen LogP contribution is -2.36. The van der Waals surface area contributed by atoms with Crippen LogP contribution in [0.4, 0.5) is 0 Å². The monoisotopic (exact) mass is 455 g/mol. The summed E-state index contributed by atoms with van der Waals surface area (Å²) in [5.41, 5.74) is 4.12. The zero-order valence-electron chi connectivity index (χ0n) is 19.1. The Kier molecular flexibility index (Phi) is 6.90. The van der Waals surface area contributed by atoms with Crippen LogP contribution in [-0.2, 0) is 4.74 Å². The van der Waals surface area contributed by atoms with E-state index in [0.29, 0.717) is 0 Å². The minimum atomic E-state index is -0.589. The quantitative estimate of drug-likeness (QED) is 0.455. The summed E-state index contributed by atoms with van der Waals surface area (Å²) in [5, 5.41) is 4.43. The van der Waals surface area contributed by atoms with Crippen molar-refractivity contribution < 1.29 is 9.47 Å². The van der Waals surface area contributed by atoms with Crippen molar-refractivity contribution in [2.75, 3.05) is 33.4 Å². The first kappa shape index (κ1) is 21.9. The van der Waals surface area contributed by atoms with Gasteiger partial charge in [-0.2, -0.15) is 0 Å². The second-order valence-corrected chi connectivity index (χ2v) is 10.6. The molecule has 0 N–H and O–H groups in total. The number of methoxy groups -OCH3 is 1. The Hall–Kier alpha value is -2.87. The van der Waals surface area contributed by atoms with E-state index in [1.807, 2.05) is 12.1 Å². The molecule has 1 heterocycles. The number of morpholine rings is 1. The van der Waals surface area contributed by atoms with Gasteiger partial charge in [-0.3, -0.25) is 0 Å². The molecule has 3 aromatic rings. The van der Waals surface area contributed by atoms with Crippen molar-refractivity contribution in [3.63, 3.8) is 0 Å². The van der Waals surface area contributed by atoms with Gasteiger partial charge in [0.25, 0.3) is 0 Å². The molecule has 3 aromatic carbocycles. The Morgan fingerprint density at radius 2 is 1.39 bits per heavy atom. The molecule has 3 nitrogen and oxygen atoms in total. The number of allylic oxidation sites excluding steroid dienone is 2. The molecule has 0 atom stereocenters. The Labute approximate surface area is 198 Å². The molecule has 5 rings (SSSR count). The van der Waals surface area contributed by atoms with Gasteiger partial charge >= 0.3 is 0 Å². The smallest absolute Gasteiger partial charge is 0.118 e. The van der Waals surface area contributed by atoms with Crippen LogP contribution in [-0.4, -0.2) is 38.3 Å². The van der Waals surface area contributed by atoms with Gasteiger partial charge in [-0.05, 0) is 66.0 Å². The van der Waals surface area contributed by atoms with E-state index < -0.39 is 7.92 Å². The summed E-state index contributed by atoms with van der Waals surface area (Å²) in [5.74, 6) is 0.893. The number of benzene rings is 3. The van der Waals surface area contributed by atoms with Crippen LogP contribution in [0, 0.1) is 0 Å². The summed E-state index contributed by atoms with van der Waals surface area (Å²) in [4.78, 5) is 2.57. The van der Waals surface area contributed by atoms with Crippen LogP contribution in [0.15, 0.2) is 102 Å². The number of hydrogen-bond acceptors (Lipinski definition) is 3. The zero-order valence-corrected chi connectivity index (χ0v) is 20.0. The highest BCUT2D eigenvalue weighted by Crippen LogP contribution is 2.53. The lowest BCUT2D eigenvalue weighted by molar-refractivity contribution is 0.0549. The van der Waals surface area contributed by atoms with Crippen molar-refractivity contribution >= 4 is 24.6 Å². The summed E-state index contributed by atoms with van der Waals surface area (Å²) in [7, 11) is 1.12. The van der Waals surface area contributed by atoms with Gasteiger partial charge in [-0.25, -0.2) is 0 Å². The molecule has 168 valence electrons. The largest absolute Gasteiger partial charge is 0.497 e. The Morgan fingerprint density at radius 1 is 0.788 bits per heavy atom. The van der Waals surface area contributed by atoms with Gasteiger partial charge in [0.2, 0.25) is 0 Å². The maximum absolute atomic E-state index is 5.71. The highest BCUT2D eigenvalue weighted by atomic mass is 31.1. The third-order valence-corrected chi connectivity index (χ3v) is 8.90. The van der Waals surface area contributed by atoms with E-state index in [1.165, 1.54) is 27.4 Å². The molecule has 0 aromatic heterocycles. The average molecular weight is 456 g/mol. The number of hydrogen-bond donors (Lipinski definition) is 0. The molecule has 1 saturated heterocycles. The lowest BCUT2D eigenvalue weighted by atomic mass is 10.1. The maximum Gasteiger partial charge on any atom is 0.118 e. The van der Waals surface area contributed by atoms with E-state index in [0.717, 1.165) is 44.9 Å². The molecule has 1 aliphatic carbocycles. The zero-order chi connectivity index (χ0) is 22.5. The average Bonchev–Trinajstić information content (AvgIpc) is 3.29. The fraction of sp³-hybridized carbons (Fsp3) is 0.241. The molecule has 0 spiro atoms. The molecule has 0 radical (unpaired) electrons. The van der Waals surface area contributed by atoms with Gasteiger partial charge in [-0.15, -0.1) is 0 Å². The van der Waals surface area contributed by atoms with Crippen molar-refractivity contribution in [1.29, 1.82) is 0 Å². The first-order valence-electron chi connectivity index (χ1n) is 11.6. The highest BCUT2D eigenvalue weighted by molar-refractivity contribution is 7.76. The summed E-state index contributed by atoms with van der Waals surface area (Å²) in [6.45, 7) is 3.49. The van der Waals surface area contributed by atoms with Crippen molar-refractivity contribution in [3.05, 3.63) is 107 Å². The Morgan fingerprint density at radius 3 is 1.97 bits per heavy atom. The SMILES string of the molecule is COc1ccc(/C=C2\CCC(P(c3ccccc3)c3ccccc3)=C2N2CCOCC2)cc1. The van der Waals surface area contributed by atoms with Crippen LogP contribution >= 0.6 is 7.92 Å². The molecule has 2 aliphatic rings. The van der Waals surface area contributed by atoms with Crippen LogP contribution < -0.4 is 15.3 Å². The normalized spacial score (nSPS) is 17.8. The molecule has 33 heavy (non-hydrogen) atoms. The first-order chi connectivity index (χ1) is 16.3. The van der Waals surface area contributed by atoms with Crippen molar-refractivity contribution in [1.82, 2.24) is 4.90 Å². The molecule has 0 amide bonds. The Balaban J connectivity index is 1.63. The van der Waals surface area contributed by atoms with Gasteiger partial charge in [-0.1, -0.05) is 72.8 Å².